The summed E-state index contributed by atoms with van der Waals surface area (Å²) in [6, 6.07) is 0. The van der Waals surface area contributed by atoms with E-state index in [4.69, 9.17) is 9.47 Å². The van der Waals surface area contributed by atoms with E-state index in [2.05, 4.69) is 0 Å². The molecule has 3 heteroatoms. The van der Waals surface area contributed by atoms with Crippen molar-refractivity contribution in [1.29, 1.82) is 0 Å². The van der Waals surface area contributed by atoms with Gasteiger partial charge in [0.15, 0.2) is 11.5 Å². The van der Waals surface area contributed by atoms with Crippen LogP contribution in [0.25, 0.3) is 0 Å². The number of aldehydes is 1. The van der Waals surface area contributed by atoms with Crippen molar-refractivity contribution in [2.75, 3.05) is 14.2 Å². The highest BCUT2D eigenvalue weighted by molar-refractivity contribution is 5.75. The fourth-order valence-corrected chi connectivity index (χ4v) is 1.24. The van der Waals surface area contributed by atoms with Crippen LogP contribution in [-0.4, -0.2) is 20.5 Å². The van der Waals surface area contributed by atoms with Crippen LogP contribution in [0.2, 0.25) is 0 Å². The summed E-state index contributed by atoms with van der Waals surface area (Å²) in [4.78, 5) is 10.6. The zero-order chi connectivity index (χ0) is 8.97. The molecule has 0 amide bonds. The minimum atomic E-state index is 0.568. The molecule has 0 bridgehead atoms. The molecule has 0 saturated carbocycles. The van der Waals surface area contributed by atoms with Crippen LogP contribution < -0.4 is 0 Å². The van der Waals surface area contributed by atoms with E-state index in [0.29, 0.717) is 17.1 Å². The molecule has 66 valence electrons. The zero-order valence-electron chi connectivity index (χ0n) is 7.29. The van der Waals surface area contributed by atoms with Crippen LogP contribution in [0.1, 0.15) is 12.8 Å². The van der Waals surface area contributed by atoms with Gasteiger partial charge < -0.3 is 9.47 Å². The minimum absolute atomic E-state index is 0.568. The molecule has 0 aromatic rings. The van der Waals surface area contributed by atoms with Gasteiger partial charge in [-0.15, -0.1) is 0 Å². The van der Waals surface area contributed by atoms with Gasteiger partial charge in [0, 0.05) is 5.57 Å². The molecule has 0 saturated heterocycles. The van der Waals surface area contributed by atoms with Gasteiger partial charge in [0.2, 0.25) is 0 Å². The highest BCUT2D eigenvalue weighted by Gasteiger charge is 2.16. The summed E-state index contributed by atoms with van der Waals surface area (Å²) in [5.41, 5.74) is 0.678. The number of carbonyl (C=O) groups is 1. The maximum atomic E-state index is 10.6. The average Bonchev–Trinajstić information content (AvgIpc) is 2.16. The van der Waals surface area contributed by atoms with Gasteiger partial charge in [-0.25, -0.2) is 0 Å². The summed E-state index contributed by atoms with van der Waals surface area (Å²) < 4.78 is 10.1. The number of ether oxygens (including phenoxy) is 2. The van der Waals surface area contributed by atoms with Crippen molar-refractivity contribution in [3.8, 4) is 0 Å². The molecular formula is C9H12O3. The average molecular weight is 168 g/mol. The van der Waals surface area contributed by atoms with Crippen molar-refractivity contribution in [2.24, 2.45) is 0 Å². The van der Waals surface area contributed by atoms with Crippen LogP contribution in [0, 0.1) is 0 Å². The first-order valence-corrected chi connectivity index (χ1v) is 3.80. The molecule has 1 aliphatic carbocycles. The first-order chi connectivity index (χ1) is 5.83. The molecule has 12 heavy (non-hydrogen) atoms. The molecule has 1 aliphatic rings. The lowest BCUT2D eigenvalue weighted by Gasteiger charge is -2.16. The Balaban J connectivity index is 2.96. The summed E-state index contributed by atoms with van der Waals surface area (Å²) >= 11 is 0. The van der Waals surface area contributed by atoms with E-state index in [1.165, 1.54) is 7.11 Å². The van der Waals surface area contributed by atoms with Crippen LogP contribution in [0.4, 0.5) is 0 Å². The minimum Gasteiger partial charge on any atom is -0.493 e. The topological polar surface area (TPSA) is 35.5 Å². The highest BCUT2D eigenvalue weighted by atomic mass is 16.5. The lowest BCUT2D eigenvalue weighted by molar-refractivity contribution is -0.105. The standard InChI is InChI=1S/C9H12O3/c1-11-8-5-3-4-7(6-10)9(8)12-2/h5-6H,3-4H2,1-2H3. The van der Waals surface area contributed by atoms with Crippen LogP contribution in [-0.2, 0) is 14.3 Å². The van der Waals surface area contributed by atoms with Crippen molar-refractivity contribution in [3.63, 3.8) is 0 Å². The molecule has 0 radical (unpaired) electrons. The first kappa shape index (κ1) is 8.84. The Morgan fingerprint density at radius 1 is 1.42 bits per heavy atom. The predicted octanol–water partition coefficient (Wildman–Crippen LogP) is 1.41. The smallest absolute Gasteiger partial charge is 0.166 e. The zero-order valence-corrected chi connectivity index (χ0v) is 7.29. The van der Waals surface area contributed by atoms with Gasteiger partial charge in [0.05, 0.1) is 14.2 Å². The molecule has 1 rings (SSSR count). The number of methoxy groups -OCH3 is 2. The molecule has 0 heterocycles. The maximum Gasteiger partial charge on any atom is 0.166 e. The first-order valence-electron chi connectivity index (χ1n) is 3.80. The fraction of sp³-hybridized carbons (Fsp3) is 0.444. The molecule has 0 aromatic carbocycles. The van der Waals surface area contributed by atoms with Gasteiger partial charge in [-0.3, -0.25) is 4.79 Å². The van der Waals surface area contributed by atoms with E-state index < -0.39 is 0 Å². The van der Waals surface area contributed by atoms with E-state index in [0.717, 1.165) is 19.1 Å². The number of rotatable bonds is 3. The van der Waals surface area contributed by atoms with E-state index >= 15 is 0 Å². The quantitative estimate of drug-likeness (QED) is 0.598. The van der Waals surface area contributed by atoms with Crippen LogP contribution in [0.5, 0.6) is 0 Å². The van der Waals surface area contributed by atoms with Gasteiger partial charge in [-0.2, -0.15) is 0 Å². The maximum absolute atomic E-state index is 10.6. The Labute approximate surface area is 71.7 Å². The van der Waals surface area contributed by atoms with Gasteiger partial charge >= 0.3 is 0 Å². The van der Waals surface area contributed by atoms with Gasteiger partial charge in [0.1, 0.15) is 6.29 Å². The van der Waals surface area contributed by atoms with E-state index in [1.54, 1.807) is 7.11 Å². The third-order valence-electron chi connectivity index (χ3n) is 1.83. The van der Waals surface area contributed by atoms with Gasteiger partial charge in [-0.05, 0) is 18.9 Å². The summed E-state index contributed by atoms with van der Waals surface area (Å²) in [6.07, 6.45) is 4.32. The van der Waals surface area contributed by atoms with Crippen LogP contribution in [0.15, 0.2) is 23.2 Å². The Morgan fingerprint density at radius 2 is 2.17 bits per heavy atom. The molecule has 3 nitrogen and oxygen atoms in total. The summed E-state index contributed by atoms with van der Waals surface area (Å²) in [6.45, 7) is 0. The second-order valence-electron chi connectivity index (χ2n) is 2.49. The monoisotopic (exact) mass is 168 g/mol. The van der Waals surface area contributed by atoms with E-state index in [-0.39, 0.29) is 0 Å². The van der Waals surface area contributed by atoms with Crippen LogP contribution >= 0.6 is 0 Å². The van der Waals surface area contributed by atoms with Crippen molar-refractivity contribution < 1.29 is 14.3 Å². The third-order valence-corrected chi connectivity index (χ3v) is 1.83. The third kappa shape index (κ3) is 1.49. The summed E-state index contributed by atoms with van der Waals surface area (Å²) in [5, 5.41) is 0. The molecular weight excluding hydrogens is 156 g/mol. The highest BCUT2D eigenvalue weighted by Crippen LogP contribution is 2.24. The van der Waals surface area contributed by atoms with Crippen LogP contribution in [0.3, 0.4) is 0 Å². The second-order valence-corrected chi connectivity index (χ2v) is 2.49. The normalized spacial score (nSPS) is 17.0. The number of hydrogen-bond acceptors (Lipinski definition) is 3. The molecule has 0 spiro atoms. The van der Waals surface area contributed by atoms with Crippen molar-refractivity contribution in [1.82, 2.24) is 0 Å². The number of carbonyl (C=O) groups excluding carboxylic acids is 1. The lowest BCUT2D eigenvalue weighted by atomic mass is 10.0. The largest absolute Gasteiger partial charge is 0.493 e. The summed E-state index contributed by atoms with van der Waals surface area (Å²) in [5.74, 6) is 1.23. The number of allylic oxidation sites excluding steroid dienone is 2. The molecule has 0 aliphatic heterocycles. The summed E-state index contributed by atoms with van der Waals surface area (Å²) in [7, 11) is 3.11. The van der Waals surface area contributed by atoms with Crippen molar-refractivity contribution >= 4 is 6.29 Å². The Bertz CT molecular complexity index is 238. The van der Waals surface area contributed by atoms with Crippen molar-refractivity contribution in [3.05, 3.63) is 23.2 Å². The van der Waals surface area contributed by atoms with Gasteiger partial charge in [0.25, 0.3) is 0 Å². The second kappa shape index (κ2) is 3.95. The number of hydrogen-bond donors (Lipinski definition) is 0. The molecule has 0 unspecified atom stereocenters. The molecule has 0 atom stereocenters. The molecule has 0 aromatic heterocycles. The molecule has 0 fully saturated rings. The molecule has 0 N–H and O–H groups in total. The van der Waals surface area contributed by atoms with E-state index in [9.17, 15) is 4.79 Å². The Hall–Kier alpha value is -1.25. The predicted molar refractivity (Wildman–Crippen MR) is 44.4 cm³/mol. The van der Waals surface area contributed by atoms with Gasteiger partial charge in [-0.1, -0.05) is 0 Å². The SMILES string of the molecule is COC1=CCCC(C=O)=C1OC. The lowest BCUT2D eigenvalue weighted by Crippen LogP contribution is -2.05. The van der Waals surface area contributed by atoms with Crippen molar-refractivity contribution in [2.45, 2.75) is 12.8 Å². The Kier molecular flexibility index (Phi) is 2.91. The Morgan fingerprint density at radius 3 is 2.67 bits per heavy atom. The fourth-order valence-electron chi connectivity index (χ4n) is 1.24. The van der Waals surface area contributed by atoms with E-state index in [1.807, 2.05) is 6.08 Å².